The summed E-state index contributed by atoms with van der Waals surface area (Å²) in [5.74, 6) is 1.61. The summed E-state index contributed by atoms with van der Waals surface area (Å²) in [6, 6.07) is 0. The monoisotopic (exact) mass is 284 g/mol. The molecule has 0 spiro atoms. The largest absolute Gasteiger partial charge is 0.185 e. The van der Waals surface area contributed by atoms with Crippen molar-refractivity contribution >= 4 is 35.3 Å². The first-order valence-electron chi connectivity index (χ1n) is 5.17. The Morgan fingerprint density at radius 1 is 0.941 bits per heavy atom. The van der Waals surface area contributed by atoms with E-state index in [-0.39, 0.29) is 0 Å². The average molecular weight is 284 g/mol. The van der Waals surface area contributed by atoms with Gasteiger partial charge in [-0.05, 0) is 36.4 Å². The molecule has 2 atom stereocenters. The Hall–Kier alpha value is -0.490. The minimum atomic E-state index is 0.390. The molecular weight excluding hydrogens is 268 g/mol. The molecule has 0 amide bonds. The molecule has 0 saturated heterocycles. The Morgan fingerprint density at radius 3 is 1.65 bits per heavy atom. The maximum absolute atomic E-state index is 8.58. The van der Waals surface area contributed by atoms with Gasteiger partial charge in [-0.25, -0.2) is 0 Å². The smallest absolute Gasteiger partial charge is 0.133 e. The zero-order valence-electron chi connectivity index (χ0n) is 9.67. The van der Waals surface area contributed by atoms with Gasteiger partial charge in [-0.2, -0.15) is 22.3 Å². The normalized spacial score (nSPS) is 13.1. The maximum Gasteiger partial charge on any atom is 0.133 e. The highest BCUT2D eigenvalue weighted by Crippen LogP contribution is 2.28. The highest BCUT2D eigenvalue weighted by molar-refractivity contribution is 8.07. The summed E-state index contributed by atoms with van der Waals surface area (Å²) in [6.45, 7) is 7.48. The number of hydrogen-bond donors (Lipinski definition) is 0. The van der Waals surface area contributed by atoms with Crippen LogP contribution in [0.5, 0.6) is 0 Å². The number of thioether (sulfide) groups is 3. The van der Waals surface area contributed by atoms with Crippen molar-refractivity contribution in [3.05, 3.63) is 25.3 Å². The fourth-order valence-electron chi connectivity index (χ4n) is 1.23. The van der Waals surface area contributed by atoms with E-state index in [2.05, 4.69) is 24.0 Å². The number of thiocyanates is 2. The maximum atomic E-state index is 8.58. The van der Waals surface area contributed by atoms with Crippen molar-refractivity contribution in [3.8, 4) is 10.8 Å². The van der Waals surface area contributed by atoms with E-state index >= 15 is 0 Å². The van der Waals surface area contributed by atoms with E-state index in [9.17, 15) is 0 Å². The van der Waals surface area contributed by atoms with Crippen molar-refractivity contribution in [3.63, 3.8) is 0 Å². The van der Waals surface area contributed by atoms with Crippen molar-refractivity contribution in [1.29, 1.82) is 10.5 Å². The second-order valence-electron chi connectivity index (χ2n) is 3.23. The molecule has 0 N–H and O–H groups in total. The second-order valence-corrected chi connectivity index (χ2v) is 6.45. The standard InChI is InChI=1S/C12H16N2S3/c1-3-5-11(7-15-9-13)17-12(6-4-2)8-16-10-14/h3-4,11-12H,1-2,5-8H2. The fraction of sp³-hybridized carbons (Fsp3) is 0.500. The summed E-state index contributed by atoms with van der Waals surface area (Å²) in [5, 5.41) is 22.1. The average Bonchev–Trinajstić information content (AvgIpc) is 2.33. The van der Waals surface area contributed by atoms with Gasteiger partial charge >= 0.3 is 0 Å². The molecule has 17 heavy (non-hydrogen) atoms. The summed E-state index contributed by atoms with van der Waals surface area (Å²) in [7, 11) is 0. The van der Waals surface area contributed by atoms with E-state index in [1.165, 1.54) is 23.5 Å². The Bertz CT molecular complexity index is 274. The molecule has 2 unspecified atom stereocenters. The predicted molar refractivity (Wildman–Crippen MR) is 80.9 cm³/mol. The summed E-state index contributed by atoms with van der Waals surface area (Å²) in [5.41, 5.74) is 0. The van der Waals surface area contributed by atoms with Gasteiger partial charge < -0.3 is 0 Å². The van der Waals surface area contributed by atoms with Gasteiger partial charge in [0.25, 0.3) is 0 Å². The predicted octanol–water partition coefficient (Wildman–Crippen LogP) is 4.04. The molecule has 5 heteroatoms. The molecule has 92 valence electrons. The van der Waals surface area contributed by atoms with E-state index in [0.717, 1.165) is 24.3 Å². The molecule has 2 nitrogen and oxygen atoms in total. The van der Waals surface area contributed by atoms with Crippen LogP contribution < -0.4 is 0 Å². The van der Waals surface area contributed by atoms with Crippen molar-refractivity contribution < 1.29 is 0 Å². The lowest BCUT2D eigenvalue weighted by Crippen LogP contribution is -2.14. The SMILES string of the molecule is C=CCC(CSC#N)SC(CC=C)CSC#N. The quantitative estimate of drug-likeness (QED) is 0.447. The van der Waals surface area contributed by atoms with Crippen LogP contribution in [0.1, 0.15) is 12.8 Å². The molecule has 0 bridgehead atoms. The third-order valence-corrected chi connectivity index (χ3v) is 5.22. The summed E-state index contributed by atoms with van der Waals surface area (Å²) < 4.78 is 0. The fourth-order valence-corrected chi connectivity index (χ4v) is 4.10. The van der Waals surface area contributed by atoms with Gasteiger partial charge in [0.15, 0.2) is 0 Å². The first-order chi connectivity index (χ1) is 8.28. The third kappa shape index (κ3) is 9.23. The molecule has 0 saturated carbocycles. The summed E-state index contributed by atoms with van der Waals surface area (Å²) in [4.78, 5) is 0. The second kappa shape index (κ2) is 12.0. The van der Waals surface area contributed by atoms with E-state index in [1.54, 1.807) is 0 Å². The molecule has 0 aromatic rings. The molecule has 0 aliphatic heterocycles. The Morgan fingerprint density at radius 2 is 1.35 bits per heavy atom. The van der Waals surface area contributed by atoms with Crippen molar-refractivity contribution in [2.75, 3.05) is 11.5 Å². The van der Waals surface area contributed by atoms with Crippen LogP contribution >= 0.6 is 35.3 Å². The summed E-state index contributed by atoms with van der Waals surface area (Å²) in [6.07, 6.45) is 5.56. The van der Waals surface area contributed by atoms with Crippen LogP contribution in [0, 0.1) is 21.3 Å². The van der Waals surface area contributed by atoms with Crippen LogP contribution in [0.4, 0.5) is 0 Å². The van der Waals surface area contributed by atoms with Crippen LogP contribution in [-0.2, 0) is 0 Å². The first kappa shape index (κ1) is 16.5. The molecule has 0 rings (SSSR count). The zero-order chi connectivity index (χ0) is 12.9. The lowest BCUT2D eigenvalue weighted by Gasteiger charge is -2.19. The number of hydrogen-bond acceptors (Lipinski definition) is 5. The van der Waals surface area contributed by atoms with Gasteiger partial charge in [0.2, 0.25) is 0 Å². The van der Waals surface area contributed by atoms with E-state index in [0.29, 0.717) is 10.5 Å². The van der Waals surface area contributed by atoms with Gasteiger partial charge in [-0.1, -0.05) is 12.2 Å². The van der Waals surface area contributed by atoms with Crippen LogP contribution in [0.2, 0.25) is 0 Å². The topological polar surface area (TPSA) is 47.6 Å². The molecule has 0 aromatic carbocycles. The minimum absolute atomic E-state index is 0.390. The number of allylic oxidation sites excluding steroid dienone is 2. The molecule has 0 fully saturated rings. The number of nitrogens with zero attached hydrogens (tertiary/aromatic N) is 2. The van der Waals surface area contributed by atoms with Gasteiger partial charge in [0.1, 0.15) is 10.8 Å². The van der Waals surface area contributed by atoms with Gasteiger partial charge in [-0.15, -0.1) is 13.2 Å². The molecule has 0 aliphatic rings. The van der Waals surface area contributed by atoms with Gasteiger partial charge in [0, 0.05) is 22.0 Å². The number of nitriles is 2. The highest BCUT2D eigenvalue weighted by Gasteiger charge is 2.15. The molecule has 0 radical (unpaired) electrons. The lowest BCUT2D eigenvalue weighted by atomic mass is 10.3. The zero-order valence-corrected chi connectivity index (χ0v) is 12.1. The van der Waals surface area contributed by atoms with Crippen LogP contribution in [-0.4, -0.2) is 22.0 Å². The van der Waals surface area contributed by atoms with Crippen molar-refractivity contribution in [2.45, 2.75) is 23.3 Å². The Balaban J connectivity index is 4.22. The van der Waals surface area contributed by atoms with Crippen LogP contribution in [0.25, 0.3) is 0 Å². The van der Waals surface area contributed by atoms with Crippen LogP contribution in [0.15, 0.2) is 25.3 Å². The van der Waals surface area contributed by atoms with Gasteiger partial charge in [0.05, 0.1) is 0 Å². The molecule has 0 heterocycles. The molecular formula is C12H16N2S3. The number of rotatable bonds is 10. The summed E-state index contributed by atoms with van der Waals surface area (Å²) >= 11 is 4.39. The highest BCUT2D eigenvalue weighted by atomic mass is 32.2. The van der Waals surface area contributed by atoms with E-state index in [1.807, 2.05) is 23.9 Å². The van der Waals surface area contributed by atoms with Crippen molar-refractivity contribution in [2.24, 2.45) is 0 Å². The third-order valence-electron chi connectivity index (χ3n) is 1.91. The Kier molecular flexibility index (Phi) is 11.6. The van der Waals surface area contributed by atoms with E-state index < -0.39 is 0 Å². The first-order valence-corrected chi connectivity index (χ1v) is 8.08. The molecule has 0 aromatic heterocycles. The van der Waals surface area contributed by atoms with Gasteiger partial charge in [-0.3, -0.25) is 0 Å². The lowest BCUT2D eigenvalue weighted by molar-refractivity contribution is 0.945. The van der Waals surface area contributed by atoms with Crippen molar-refractivity contribution in [1.82, 2.24) is 0 Å². The van der Waals surface area contributed by atoms with E-state index in [4.69, 9.17) is 10.5 Å². The van der Waals surface area contributed by atoms with Crippen LogP contribution in [0.3, 0.4) is 0 Å². The minimum Gasteiger partial charge on any atom is -0.185 e. The molecule has 0 aliphatic carbocycles. The Labute approximate surface area is 117 Å².